The molecule has 0 bridgehead atoms. The molecule has 1 heterocycles. The maximum atomic E-state index is 12.3. The van der Waals surface area contributed by atoms with Gasteiger partial charge in [-0.1, -0.05) is 22.0 Å². The molecule has 0 saturated carbocycles. The highest BCUT2D eigenvalue weighted by Gasteiger charge is 2.15. The lowest BCUT2D eigenvalue weighted by atomic mass is 10.2. The average Bonchev–Trinajstić information content (AvgIpc) is 2.87. The minimum absolute atomic E-state index is 0.190. The fourth-order valence-electron chi connectivity index (χ4n) is 1.77. The van der Waals surface area contributed by atoms with Crippen LogP contribution < -0.4 is 5.32 Å². The average molecular weight is 413 g/mol. The molecule has 0 aliphatic carbocycles. The highest BCUT2D eigenvalue weighted by atomic mass is 79.9. The molecule has 20 heavy (non-hydrogen) atoms. The zero-order chi connectivity index (χ0) is 14.1. The van der Waals surface area contributed by atoms with Gasteiger partial charge in [0, 0.05) is 8.95 Å². The Kier molecular flexibility index (Phi) is 3.82. The van der Waals surface area contributed by atoms with Crippen LogP contribution in [0, 0.1) is 0 Å². The van der Waals surface area contributed by atoms with E-state index < -0.39 is 0 Å². The lowest BCUT2D eigenvalue weighted by Crippen LogP contribution is -2.12. The summed E-state index contributed by atoms with van der Waals surface area (Å²) in [5, 5.41) is 2.87. The van der Waals surface area contributed by atoms with Crippen LogP contribution in [0.1, 0.15) is 10.4 Å². The van der Waals surface area contributed by atoms with E-state index in [2.05, 4.69) is 45.9 Å². The first-order valence-electron chi connectivity index (χ1n) is 5.63. The monoisotopic (exact) mass is 411 g/mol. The minimum atomic E-state index is -0.190. The Balaban J connectivity index is 1.91. The van der Waals surface area contributed by atoms with Gasteiger partial charge in [-0.2, -0.15) is 8.73 Å². The van der Waals surface area contributed by atoms with Crippen molar-refractivity contribution in [3.63, 3.8) is 0 Å². The second-order valence-corrected chi connectivity index (χ2v) is 6.31. The molecular weight excluding hydrogens is 406 g/mol. The van der Waals surface area contributed by atoms with E-state index in [0.717, 1.165) is 26.0 Å². The van der Waals surface area contributed by atoms with Gasteiger partial charge >= 0.3 is 0 Å². The first-order valence-corrected chi connectivity index (χ1v) is 7.94. The van der Waals surface area contributed by atoms with Gasteiger partial charge in [0.15, 0.2) is 0 Å². The molecule has 2 aromatic rings. The first kappa shape index (κ1) is 13.7. The summed E-state index contributed by atoms with van der Waals surface area (Å²) in [4.78, 5) is 12.3. The highest BCUT2D eigenvalue weighted by molar-refractivity contribution is 9.11. The molecule has 0 fully saturated rings. The van der Waals surface area contributed by atoms with Crippen molar-refractivity contribution in [2.45, 2.75) is 0 Å². The lowest BCUT2D eigenvalue weighted by molar-refractivity contribution is 0.102. The minimum Gasteiger partial charge on any atom is -0.320 e. The molecular formula is C13H7Br2N3OS. The van der Waals surface area contributed by atoms with E-state index in [1.165, 1.54) is 0 Å². The van der Waals surface area contributed by atoms with E-state index in [1.54, 1.807) is 6.07 Å². The molecule has 0 radical (unpaired) electrons. The largest absolute Gasteiger partial charge is 0.320 e. The Morgan fingerprint density at radius 3 is 2.80 bits per heavy atom. The fraction of sp³-hybridized carbons (Fsp3) is 0. The number of halogens is 2. The number of nitrogens with one attached hydrogen (secondary N) is 1. The van der Waals surface area contributed by atoms with Crippen LogP contribution >= 0.6 is 31.9 Å². The molecule has 1 amide bonds. The summed E-state index contributed by atoms with van der Waals surface area (Å²) in [5.74, 6) is -0.190. The number of amides is 1. The van der Waals surface area contributed by atoms with E-state index in [4.69, 9.17) is 0 Å². The number of hydrogen-bond acceptors (Lipinski definition) is 3. The number of carbonyl (C=O) groups is 1. The van der Waals surface area contributed by atoms with Crippen LogP contribution in [0.4, 0.5) is 17.1 Å². The number of hydrogen-bond donors (Lipinski definition) is 1. The smallest absolute Gasteiger partial charge is 0.256 e. The van der Waals surface area contributed by atoms with Gasteiger partial charge in [0.25, 0.3) is 5.91 Å². The molecule has 1 N–H and O–H groups in total. The summed E-state index contributed by atoms with van der Waals surface area (Å²) in [5.41, 5.74) is 2.71. The predicted molar refractivity (Wildman–Crippen MR) is 87.8 cm³/mol. The molecule has 0 spiro atoms. The molecule has 0 aromatic heterocycles. The van der Waals surface area contributed by atoms with Crippen molar-refractivity contribution in [3.8, 4) is 0 Å². The zero-order valence-corrected chi connectivity index (χ0v) is 13.9. The van der Waals surface area contributed by atoms with Gasteiger partial charge in [0.2, 0.25) is 0 Å². The van der Waals surface area contributed by atoms with Gasteiger partial charge in [-0.3, -0.25) is 4.79 Å². The number of carbonyl (C=O) groups excluding carboxylic acids is 1. The van der Waals surface area contributed by atoms with Crippen molar-refractivity contribution in [2.24, 2.45) is 8.73 Å². The zero-order valence-electron chi connectivity index (χ0n) is 9.93. The third-order valence-electron chi connectivity index (χ3n) is 2.71. The highest BCUT2D eigenvalue weighted by Crippen LogP contribution is 2.38. The van der Waals surface area contributed by atoms with Crippen LogP contribution in [0.15, 0.2) is 54.1 Å². The second kappa shape index (κ2) is 5.59. The van der Waals surface area contributed by atoms with Gasteiger partial charge in [-0.05, 0) is 46.3 Å². The quantitative estimate of drug-likeness (QED) is 0.618. The Bertz CT molecular complexity index is 785. The van der Waals surface area contributed by atoms with E-state index >= 15 is 0 Å². The Hall–Kier alpha value is -1.31. The second-order valence-electron chi connectivity index (χ2n) is 4.02. The Morgan fingerprint density at radius 2 is 2.00 bits per heavy atom. The maximum Gasteiger partial charge on any atom is 0.256 e. The van der Waals surface area contributed by atoms with Crippen LogP contribution in [0.2, 0.25) is 0 Å². The van der Waals surface area contributed by atoms with Crippen LogP contribution in [0.5, 0.6) is 0 Å². The van der Waals surface area contributed by atoms with E-state index in [1.807, 2.05) is 30.3 Å². The van der Waals surface area contributed by atoms with Crippen molar-refractivity contribution in [3.05, 3.63) is 50.9 Å². The van der Waals surface area contributed by atoms with Crippen LogP contribution in [-0.2, 0) is 11.4 Å². The van der Waals surface area contributed by atoms with Crippen LogP contribution in [0.3, 0.4) is 0 Å². The van der Waals surface area contributed by atoms with E-state index in [0.29, 0.717) is 16.9 Å². The summed E-state index contributed by atoms with van der Waals surface area (Å²) in [6.07, 6.45) is 0. The molecule has 0 saturated heterocycles. The third-order valence-corrected chi connectivity index (χ3v) is 4.40. The predicted octanol–water partition coefficient (Wildman–Crippen LogP) is 5.19. The van der Waals surface area contributed by atoms with Gasteiger partial charge < -0.3 is 5.32 Å². The molecule has 7 heteroatoms. The first-order chi connectivity index (χ1) is 9.65. The summed E-state index contributed by atoms with van der Waals surface area (Å²) in [6.45, 7) is 0. The molecule has 1 aliphatic rings. The lowest BCUT2D eigenvalue weighted by Gasteiger charge is -2.09. The fourth-order valence-corrected chi connectivity index (χ4v) is 3.55. The molecule has 4 nitrogen and oxygen atoms in total. The molecule has 2 aromatic carbocycles. The third kappa shape index (κ3) is 2.61. The molecule has 0 unspecified atom stereocenters. The van der Waals surface area contributed by atoms with Gasteiger partial charge in [0.05, 0.1) is 22.6 Å². The molecule has 0 atom stereocenters. The number of anilines is 1. The van der Waals surface area contributed by atoms with Crippen molar-refractivity contribution < 1.29 is 4.79 Å². The summed E-state index contributed by atoms with van der Waals surface area (Å²) in [7, 11) is 0. The topological polar surface area (TPSA) is 53.8 Å². The van der Waals surface area contributed by atoms with Crippen molar-refractivity contribution in [1.29, 1.82) is 0 Å². The van der Waals surface area contributed by atoms with Crippen molar-refractivity contribution in [1.82, 2.24) is 0 Å². The Morgan fingerprint density at radius 1 is 1.15 bits per heavy atom. The molecule has 100 valence electrons. The van der Waals surface area contributed by atoms with Crippen LogP contribution in [0.25, 0.3) is 0 Å². The van der Waals surface area contributed by atoms with Crippen LogP contribution in [-0.4, -0.2) is 5.91 Å². The molecule has 1 aliphatic heterocycles. The number of nitrogens with zero attached hydrogens (tertiary/aromatic N) is 2. The number of rotatable bonds is 2. The van der Waals surface area contributed by atoms with Gasteiger partial charge in [0.1, 0.15) is 11.4 Å². The van der Waals surface area contributed by atoms with E-state index in [-0.39, 0.29) is 5.91 Å². The van der Waals surface area contributed by atoms with Gasteiger partial charge in [-0.25, -0.2) is 0 Å². The summed E-state index contributed by atoms with van der Waals surface area (Å²) >= 11 is 7.88. The van der Waals surface area contributed by atoms with Crippen molar-refractivity contribution >= 4 is 66.2 Å². The number of benzene rings is 2. The van der Waals surface area contributed by atoms with Crippen molar-refractivity contribution in [2.75, 3.05) is 5.32 Å². The standard InChI is InChI=1S/C13H7Br2N3OS/c14-7-4-5-8(9(15)6-7)13(19)16-10-2-1-3-11-12(10)18-20-17-11/h1-6H,(H,16,19). The summed E-state index contributed by atoms with van der Waals surface area (Å²) < 4.78 is 9.99. The van der Waals surface area contributed by atoms with Gasteiger partial charge in [-0.15, -0.1) is 0 Å². The summed E-state index contributed by atoms with van der Waals surface area (Å²) in [6, 6.07) is 10.9. The van der Waals surface area contributed by atoms with E-state index in [9.17, 15) is 4.79 Å². The maximum absolute atomic E-state index is 12.3. The number of fused-ring (bicyclic) bond motifs is 1. The normalized spacial score (nSPS) is 11.9. The molecule has 3 rings (SSSR count). The Labute approximate surface area is 135 Å². The SMILES string of the molecule is O=C(Nc1cccc2c1N=S=N2)c1ccc(Br)cc1Br.